The summed E-state index contributed by atoms with van der Waals surface area (Å²) in [6.45, 7) is 1.93. The van der Waals surface area contributed by atoms with Crippen molar-refractivity contribution < 1.29 is 9.72 Å². The summed E-state index contributed by atoms with van der Waals surface area (Å²) >= 11 is 4.85. The monoisotopic (exact) mass is 394 g/mol. The van der Waals surface area contributed by atoms with Crippen LogP contribution < -0.4 is 5.32 Å². The molecule has 2 aromatic rings. The maximum atomic E-state index is 12.0. The maximum absolute atomic E-state index is 12.0. The second kappa shape index (κ2) is 8.12. The lowest BCUT2D eigenvalue weighted by Crippen LogP contribution is -2.14. The first-order chi connectivity index (χ1) is 11.0. The molecule has 0 unspecified atom stereocenters. The quantitative estimate of drug-likeness (QED) is 0.576. The lowest BCUT2D eigenvalue weighted by molar-refractivity contribution is -0.384. The Bertz CT molecular complexity index is 720. The van der Waals surface area contributed by atoms with E-state index in [-0.39, 0.29) is 11.6 Å². The molecule has 23 heavy (non-hydrogen) atoms. The summed E-state index contributed by atoms with van der Waals surface area (Å²) < 4.78 is 0.973. The van der Waals surface area contributed by atoms with E-state index in [0.717, 1.165) is 21.3 Å². The van der Waals surface area contributed by atoms with Gasteiger partial charge in [-0.25, -0.2) is 0 Å². The molecular formula is C16H15BrN2O3S. The molecule has 2 aromatic carbocycles. The van der Waals surface area contributed by atoms with Gasteiger partial charge in [0.2, 0.25) is 5.91 Å². The van der Waals surface area contributed by atoms with E-state index in [4.69, 9.17) is 0 Å². The second-order valence-electron chi connectivity index (χ2n) is 4.92. The Morgan fingerprint density at radius 2 is 1.96 bits per heavy atom. The lowest BCUT2D eigenvalue weighted by atomic mass is 10.2. The molecule has 0 heterocycles. The number of halogens is 1. The number of nitro benzene ring substituents is 1. The minimum Gasteiger partial charge on any atom is -0.325 e. The number of anilines is 1. The van der Waals surface area contributed by atoms with Crippen LogP contribution >= 0.6 is 27.7 Å². The Balaban J connectivity index is 1.81. The molecule has 0 spiro atoms. The van der Waals surface area contributed by atoms with E-state index < -0.39 is 4.92 Å². The molecule has 7 heteroatoms. The van der Waals surface area contributed by atoms with Gasteiger partial charge in [0.15, 0.2) is 0 Å². The van der Waals surface area contributed by atoms with Crippen molar-refractivity contribution in [3.8, 4) is 0 Å². The first-order valence-electron chi connectivity index (χ1n) is 6.83. The number of carbonyl (C=O) groups is 1. The predicted molar refractivity (Wildman–Crippen MR) is 96.8 cm³/mol. The molecule has 0 aliphatic heterocycles. The van der Waals surface area contributed by atoms with Crippen molar-refractivity contribution in [3.63, 3.8) is 0 Å². The predicted octanol–water partition coefficient (Wildman–Crippen LogP) is 4.54. The topological polar surface area (TPSA) is 72.2 Å². The molecule has 120 valence electrons. The average molecular weight is 395 g/mol. The summed E-state index contributed by atoms with van der Waals surface area (Å²) in [5.74, 6) is 0.888. The smallest absolute Gasteiger partial charge is 0.269 e. The van der Waals surface area contributed by atoms with Crippen LogP contribution in [0.5, 0.6) is 0 Å². The average Bonchev–Trinajstić information content (AvgIpc) is 2.50. The van der Waals surface area contributed by atoms with Gasteiger partial charge >= 0.3 is 0 Å². The minimum absolute atomic E-state index is 0.0673. The van der Waals surface area contributed by atoms with Crippen LogP contribution in [0, 0.1) is 17.0 Å². The van der Waals surface area contributed by atoms with Gasteiger partial charge < -0.3 is 5.32 Å². The van der Waals surface area contributed by atoms with Crippen molar-refractivity contribution in [2.45, 2.75) is 12.7 Å². The molecule has 0 atom stereocenters. The SMILES string of the molecule is Cc1cc(Br)ccc1NC(=O)CSCc1ccc([N+](=O)[O-])cc1. The summed E-state index contributed by atoms with van der Waals surface area (Å²) in [5, 5.41) is 13.5. The van der Waals surface area contributed by atoms with Gasteiger partial charge in [0.1, 0.15) is 0 Å². The van der Waals surface area contributed by atoms with E-state index in [9.17, 15) is 14.9 Å². The number of rotatable bonds is 6. The zero-order valence-electron chi connectivity index (χ0n) is 12.4. The number of nitro groups is 1. The zero-order valence-corrected chi connectivity index (χ0v) is 14.8. The lowest BCUT2D eigenvalue weighted by Gasteiger charge is -2.08. The van der Waals surface area contributed by atoms with E-state index >= 15 is 0 Å². The molecule has 0 aromatic heterocycles. The van der Waals surface area contributed by atoms with Gasteiger partial charge in [-0.2, -0.15) is 0 Å². The minimum atomic E-state index is -0.426. The molecule has 1 N–H and O–H groups in total. The Kier molecular flexibility index (Phi) is 6.18. The maximum Gasteiger partial charge on any atom is 0.269 e. The fraction of sp³-hybridized carbons (Fsp3) is 0.188. The second-order valence-corrected chi connectivity index (χ2v) is 6.83. The van der Waals surface area contributed by atoms with Crippen molar-refractivity contribution in [2.75, 3.05) is 11.1 Å². The molecule has 0 aliphatic rings. The molecule has 2 rings (SSSR count). The van der Waals surface area contributed by atoms with Gasteiger partial charge in [-0.3, -0.25) is 14.9 Å². The highest BCUT2D eigenvalue weighted by Crippen LogP contribution is 2.21. The van der Waals surface area contributed by atoms with E-state index in [2.05, 4.69) is 21.2 Å². The number of thioether (sulfide) groups is 1. The number of nitrogens with zero attached hydrogens (tertiary/aromatic N) is 1. The van der Waals surface area contributed by atoms with Gasteiger partial charge in [0.05, 0.1) is 10.7 Å². The molecule has 0 saturated heterocycles. The van der Waals surface area contributed by atoms with Crippen LogP contribution in [0.15, 0.2) is 46.9 Å². The van der Waals surface area contributed by atoms with Crippen molar-refractivity contribution in [1.29, 1.82) is 0 Å². The largest absolute Gasteiger partial charge is 0.325 e. The normalized spacial score (nSPS) is 10.3. The van der Waals surface area contributed by atoms with Crippen molar-refractivity contribution in [1.82, 2.24) is 0 Å². The Hall–Kier alpha value is -1.86. The van der Waals surface area contributed by atoms with Crippen LogP contribution in [-0.2, 0) is 10.5 Å². The summed E-state index contributed by atoms with van der Waals surface area (Å²) in [7, 11) is 0. The zero-order chi connectivity index (χ0) is 16.8. The highest BCUT2D eigenvalue weighted by Gasteiger charge is 2.07. The number of amides is 1. The first kappa shape index (κ1) is 17.5. The van der Waals surface area contributed by atoms with Gasteiger partial charge in [-0.05, 0) is 36.2 Å². The van der Waals surface area contributed by atoms with Gasteiger partial charge in [0.25, 0.3) is 5.69 Å². The molecule has 0 saturated carbocycles. The summed E-state index contributed by atoms with van der Waals surface area (Å²) in [6.07, 6.45) is 0. The molecule has 1 amide bonds. The van der Waals surface area contributed by atoms with Crippen LogP contribution in [0.25, 0.3) is 0 Å². The van der Waals surface area contributed by atoms with Gasteiger partial charge in [0, 0.05) is 28.0 Å². The highest BCUT2D eigenvalue weighted by molar-refractivity contribution is 9.10. The molecule has 0 aliphatic carbocycles. The third-order valence-corrected chi connectivity index (χ3v) is 4.61. The Morgan fingerprint density at radius 1 is 1.26 bits per heavy atom. The van der Waals surface area contributed by atoms with Crippen molar-refractivity contribution in [3.05, 3.63) is 68.2 Å². The van der Waals surface area contributed by atoms with E-state index in [1.165, 1.54) is 23.9 Å². The van der Waals surface area contributed by atoms with Gasteiger partial charge in [-0.15, -0.1) is 11.8 Å². The molecular weight excluding hydrogens is 380 g/mol. The summed E-state index contributed by atoms with van der Waals surface area (Å²) in [6, 6.07) is 12.1. The van der Waals surface area contributed by atoms with Crippen LogP contribution in [0.4, 0.5) is 11.4 Å². The van der Waals surface area contributed by atoms with E-state index in [1.807, 2.05) is 25.1 Å². The number of hydrogen-bond donors (Lipinski definition) is 1. The van der Waals surface area contributed by atoms with Crippen LogP contribution in [0.3, 0.4) is 0 Å². The van der Waals surface area contributed by atoms with Crippen LogP contribution in [0.2, 0.25) is 0 Å². The molecule has 0 bridgehead atoms. The Labute approximate surface area is 146 Å². The standard InChI is InChI=1S/C16H15BrN2O3S/c1-11-8-13(17)4-7-15(11)18-16(20)10-23-9-12-2-5-14(6-3-12)19(21)22/h2-8H,9-10H2,1H3,(H,18,20). The third kappa shape index (κ3) is 5.37. The fourth-order valence-corrected chi connectivity index (χ4v) is 3.19. The fourth-order valence-electron chi connectivity index (χ4n) is 1.93. The molecule has 0 fully saturated rings. The van der Waals surface area contributed by atoms with Crippen LogP contribution in [0.1, 0.15) is 11.1 Å². The number of benzene rings is 2. The molecule has 0 radical (unpaired) electrons. The Morgan fingerprint density at radius 3 is 2.57 bits per heavy atom. The van der Waals surface area contributed by atoms with E-state index in [1.54, 1.807) is 12.1 Å². The third-order valence-electron chi connectivity index (χ3n) is 3.11. The highest BCUT2D eigenvalue weighted by atomic mass is 79.9. The number of nitrogens with one attached hydrogen (secondary N) is 1. The summed E-state index contributed by atoms with van der Waals surface area (Å²) in [4.78, 5) is 22.1. The number of non-ortho nitro benzene ring substituents is 1. The van der Waals surface area contributed by atoms with Crippen molar-refractivity contribution in [2.24, 2.45) is 0 Å². The number of hydrogen-bond acceptors (Lipinski definition) is 4. The van der Waals surface area contributed by atoms with E-state index in [0.29, 0.717) is 11.5 Å². The first-order valence-corrected chi connectivity index (χ1v) is 8.77. The van der Waals surface area contributed by atoms with Gasteiger partial charge in [-0.1, -0.05) is 28.1 Å². The summed E-state index contributed by atoms with van der Waals surface area (Å²) in [5.41, 5.74) is 2.82. The van der Waals surface area contributed by atoms with Crippen molar-refractivity contribution >= 4 is 45.0 Å². The molecule has 5 nitrogen and oxygen atoms in total. The number of carbonyl (C=O) groups excluding carboxylic acids is 1. The number of aryl methyl sites for hydroxylation is 1. The van der Waals surface area contributed by atoms with Crippen LogP contribution in [-0.4, -0.2) is 16.6 Å².